The van der Waals surface area contributed by atoms with Crippen molar-refractivity contribution < 1.29 is 13.5 Å². The van der Waals surface area contributed by atoms with Crippen LogP contribution in [0.4, 0.5) is 8.78 Å². The second-order valence-corrected chi connectivity index (χ2v) is 7.78. The van der Waals surface area contributed by atoms with Crippen molar-refractivity contribution in [3.63, 3.8) is 0 Å². The summed E-state index contributed by atoms with van der Waals surface area (Å²) >= 11 is 0. The van der Waals surface area contributed by atoms with Gasteiger partial charge in [0.2, 0.25) is 0 Å². The van der Waals surface area contributed by atoms with Gasteiger partial charge >= 0.3 is 0 Å². The second-order valence-electron chi connectivity index (χ2n) is 7.78. The molecule has 3 aliphatic heterocycles. The summed E-state index contributed by atoms with van der Waals surface area (Å²) in [6.07, 6.45) is 3.22. The van der Waals surface area contributed by atoms with Gasteiger partial charge in [0.05, 0.1) is 12.2 Å². The van der Waals surface area contributed by atoms with E-state index in [1.807, 2.05) is 6.92 Å². The van der Waals surface area contributed by atoms with Crippen LogP contribution in [-0.4, -0.2) is 49.2 Å². The number of benzene rings is 1. The first-order valence-corrected chi connectivity index (χ1v) is 9.70. The molecule has 1 N–H and O–H groups in total. The van der Waals surface area contributed by atoms with E-state index < -0.39 is 11.6 Å². The standard InChI is InChI=1S/C20H27F2N3O.HI/c1-3-23-20(24-9-12(2)14-5-4-13(21)8-17(14)22)25-10-15-16(11-25)19-7-6-18(15)26-19;/h4-5,8,12,15-16,18-19H,3,6-7,9-11H2,1-2H3,(H,23,24);1H. The van der Waals surface area contributed by atoms with Gasteiger partial charge in [0.1, 0.15) is 11.6 Å². The Hall–Kier alpha value is -0.960. The maximum atomic E-state index is 14.0. The van der Waals surface area contributed by atoms with E-state index in [4.69, 9.17) is 9.73 Å². The van der Waals surface area contributed by atoms with E-state index in [9.17, 15) is 8.78 Å². The number of likely N-dealkylation sites (tertiary alicyclic amines) is 1. The monoisotopic (exact) mass is 491 g/mol. The number of nitrogens with one attached hydrogen (secondary N) is 1. The third-order valence-electron chi connectivity index (χ3n) is 6.10. The summed E-state index contributed by atoms with van der Waals surface area (Å²) in [5.41, 5.74) is 0.510. The molecular weight excluding hydrogens is 463 g/mol. The lowest BCUT2D eigenvalue weighted by atomic mass is 9.82. The number of guanidine groups is 1. The highest BCUT2D eigenvalue weighted by atomic mass is 127. The molecule has 0 radical (unpaired) electrons. The van der Waals surface area contributed by atoms with E-state index in [-0.39, 0.29) is 29.9 Å². The Bertz CT molecular complexity index is 684. The number of nitrogens with zero attached hydrogens (tertiary/aromatic N) is 2. The minimum atomic E-state index is -0.546. The van der Waals surface area contributed by atoms with Crippen molar-refractivity contribution in [2.75, 3.05) is 26.2 Å². The number of aliphatic imine (C=N–C) groups is 1. The molecule has 4 nitrogen and oxygen atoms in total. The van der Waals surface area contributed by atoms with E-state index in [2.05, 4.69) is 17.1 Å². The summed E-state index contributed by atoms with van der Waals surface area (Å²) in [6.45, 7) is 7.22. The third-order valence-corrected chi connectivity index (χ3v) is 6.10. The Kier molecular flexibility index (Phi) is 6.61. The van der Waals surface area contributed by atoms with Gasteiger partial charge in [-0.25, -0.2) is 8.78 Å². The average molecular weight is 491 g/mol. The molecule has 1 aromatic rings. The van der Waals surface area contributed by atoms with Crippen molar-refractivity contribution in [1.29, 1.82) is 0 Å². The van der Waals surface area contributed by atoms with E-state index in [1.165, 1.54) is 25.0 Å². The van der Waals surface area contributed by atoms with Crippen LogP contribution in [0.15, 0.2) is 23.2 Å². The third kappa shape index (κ3) is 4.09. The lowest BCUT2D eigenvalue weighted by Gasteiger charge is -2.24. The van der Waals surface area contributed by atoms with Crippen molar-refractivity contribution in [3.05, 3.63) is 35.4 Å². The van der Waals surface area contributed by atoms with Gasteiger partial charge in [0.15, 0.2) is 5.96 Å². The molecule has 150 valence electrons. The highest BCUT2D eigenvalue weighted by Gasteiger charge is 2.53. The fourth-order valence-corrected chi connectivity index (χ4v) is 4.78. The van der Waals surface area contributed by atoms with Gasteiger partial charge in [0, 0.05) is 50.0 Å². The van der Waals surface area contributed by atoms with Crippen LogP contribution < -0.4 is 5.32 Å². The number of ether oxygens (including phenoxy) is 1. The Morgan fingerprint density at radius 2 is 1.93 bits per heavy atom. The molecule has 0 saturated carbocycles. The first-order chi connectivity index (χ1) is 12.6. The molecule has 27 heavy (non-hydrogen) atoms. The van der Waals surface area contributed by atoms with Crippen LogP contribution in [0.1, 0.15) is 38.2 Å². The van der Waals surface area contributed by atoms with Crippen LogP contribution in [0.5, 0.6) is 0 Å². The van der Waals surface area contributed by atoms with Gasteiger partial charge in [0.25, 0.3) is 0 Å². The van der Waals surface area contributed by atoms with Gasteiger partial charge < -0.3 is 15.0 Å². The number of fused-ring (bicyclic) bond motifs is 5. The zero-order valence-electron chi connectivity index (χ0n) is 15.8. The Morgan fingerprint density at radius 3 is 2.52 bits per heavy atom. The van der Waals surface area contributed by atoms with Crippen LogP contribution in [0.25, 0.3) is 0 Å². The van der Waals surface area contributed by atoms with E-state index >= 15 is 0 Å². The Balaban J connectivity index is 0.00000210. The number of hydrogen-bond donors (Lipinski definition) is 1. The average Bonchev–Trinajstić information content (AvgIpc) is 3.30. The summed E-state index contributed by atoms with van der Waals surface area (Å²) in [6, 6.07) is 3.77. The highest BCUT2D eigenvalue weighted by Crippen LogP contribution is 2.47. The van der Waals surface area contributed by atoms with Crippen molar-refractivity contribution in [2.24, 2.45) is 16.8 Å². The molecule has 4 rings (SSSR count). The van der Waals surface area contributed by atoms with Crippen LogP contribution in [0, 0.1) is 23.5 Å². The molecule has 3 aliphatic rings. The zero-order chi connectivity index (χ0) is 18.3. The molecule has 0 spiro atoms. The lowest BCUT2D eigenvalue weighted by Crippen LogP contribution is -2.41. The predicted octanol–water partition coefficient (Wildman–Crippen LogP) is 3.76. The first kappa shape index (κ1) is 20.8. The van der Waals surface area contributed by atoms with Gasteiger partial charge in [-0.2, -0.15) is 0 Å². The van der Waals surface area contributed by atoms with Crippen LogP contribution in [-0.2, 0) is 4.74 Å². The predicted molar refractivity (Wildman–Crippen MR) is 113 cm³/mol. The maximum Gasteiger partial charge on any atom is 0.193 e. The molecule has 3 saturated heterocycles. The molecule has 3 heterocycles. The fourth-order valence-electron chi connectivity index (χ4n) is 4.78. The van der Waals surface area contributed by atoms with Gasteiger partial charge in [-0.3, -0.25) is 4.99 Å². The van der Waals surface area contributed by atoms with Gasteiger partial charge in [-0.15, -0.1) is 24.0 Å². The topological polar surface area (TPSA) is 36.9 Å². The fraction of sp³-hybridized carbons (Fsp3) is 0.650. The van der Waals surface area contributed by atoms with Crippen LogP contribution >= 0.6 is 24.0 Å². The summed E-state index contributed by atoms with van der Waals surface area (Å²) in [5, 5.41) is 3.38. The van der Waals surface area contributed by atoms with Crippen molar-refractivity contribution >= 4 is 29.9 Å². The highest BCUT2D eigenvalue weighted by molar-refractivity contribution is 14.0. The maximum absolute atomic E-state index is 14.0. The summed E-state index contributed by atoms with van der Waals surface area (Å²) in [5.74, 6) is 0.980. The van der Waals surface area contributed by atoms with Crippen molar-refractivity contribution in [1.82, 2.24) is 10.2 Å². The number of rotatable bonds is 4. The molecule has 0 aliphatic carbocycles. The van der Waals surface area contributed by atoms with Crippen LogP contribution in [0.3, 0.4) is 0 Å². The smallest absolute Gasteiger partial charge is 0.193 e. The molecule has 5 atom stereocenters. The largest absolute Gasteiger partial charge is 0.374 e. The zero-order valence-corrected chi connectivity index (χ0v) is 18.2. The molecular formula is C20H28F2IN3O. The Morgan fingerprint density at radius 1 is 1.26 bits per heavy atom. The summed E-state index contributed by atoms with van der Waals surface area (Å²) < 4.78 is 33.2. The van der Waals surface area contributed by atoms with Gasteiger partial charge in [-0.1, -0.05) is 13.0 Å². The number of hydrogen-bond acceptors (Lipinski definition) is 2. The summed E-state index contributed by atoms with van der Waals surface area (Å²) in [4.78, 5) is 7.10. The SMILES string of the molecule is CCNC(=NCC(C)c1ccc(F)cc1F)N1CC2C3CCC(O3)C2C1.I. The minimum Gasteiger partial charge on any atom is -0.374 e. The van der Waals surface area contributed by atoms with Crippen molar-refractivity contribution in [2.45, 2.75) is 44.8 Å². The quantitative estimate of drug-likeness (QED) is 0.396. The van der Waals surface area contributed by atoms with E-state index in [0.717, 1.165) is 31.7 Å². The molecule has 2 bridgehead atoms. The second kappa shape index (κ2) is 8.59. The molecule has 5 unspecified atom stereocenters. The number of halogens is 3. The summed E-state index contributed by atoms with van der Waals surface area (Å²) in [7, 11) is 0. The van der Waals surface area contributed by atoms with E-state index in [1.54, 1.807) is 0 Å². The van der Waals surface area contributed by atoms with Gasteiger partial charge in [-0.05, 0) is 31.4 Å². The molecule has 7 heteroatoms. The Labute approximate surface area is 176 Å². The van der Waals surface area contributed by atoms with Crippen LogP contribution in [0.2, 0.25) is 0 Å². The normalized spacial score (nSPS) is 30.2. The first-order valence-electron chi connectivity index (χ1n) is 9.70. The molecule has 3 fully saturated rings. The molecule has 0 amide bonds. The molecule has 1 aromatic carbocycles. The lowest BCUT2D eigenvalue weighted by molar-refractivity contribution is 0.0767. The van der Waals surface area contributed by atoms with E-state index in [0.29, 0.717) is 36.2 Å². The molecule has 0 aromatic heterocycles. The minimum absolute atomic E-state index is 0. The van der Waals surface area contributed by atoms with Crippen molar-refractivity contribution in [3.8, 4) is 0 Å².